The summed E-state index contributed by atoms with van der Waals surface area (Å²) in [7, 11) is 0. The number of aryl methyl sites for hydroxylation is 1. The summed E-state index contributed by atoms with van der Waals surface area (Å²) in [6.07, 6.45) is 4.93. The molecule has 0 radical (unpaired) electrons. The van der Waals surface area contributed by atoms with Gasteiger partial charge in [0.15, 0.2) is 0 Å². The highest BCUT2D eigenvalue weighted by Gasteiger charge is 2.29. The second kappa shape index (κ2) is 8.61. The number of halogens is 1. The van der Waals surface area contributed by atoms with Crippen LogP contribution in [0.1, 0.15) is 72.8 Å². The Labute approximate surface area is 159 Å². The minimum atomic E-state index is -0.450. The molecule has 1 aliphatic rings. The molecule has 2 aromatic rings. The number of hydrogen-bond acceptors (Lipinski definition) is 4. The molecule has 1 aromatic carbocycles. The van der Waals surface area contributed by atoms with E-state index in [-0.39, 0.29) is 24.9 Å². The Hall–Kier alpha value is -2.27. The minimum absolute atomic E-state index is 0.220. The van der Waals surface area contributed by atoms with Gasteiger partial charge in [0, 0.05) is 22.7 Å². The largest absolute Gasteiger partial charge is 0.462 e. The first-order chi connectivity index (χ1) is 13.1. The lowest BCUT2D eigenvalue weighted by Crippen LogP contribution is -2.17. The molecule has 1 aromatic heterocycles. The van der Waals surface area contributed by atoms with E-state index >= 15 is 0 Å². The van der Waals surface area contributed by atoms with Crippen molar-refractivity contribution >= 4 is 5.97 Å². The van der Waals surface area contributed by atoms with Gasteiger partial charge in [0.2, 0.25) is 0 Å². The van der Waals surface area contributed by atoms with Crippen LogP contribution in [0, 0.1) is 5.82 Å². The van der Waals surface area contributed by atoms with Crippen molar-refractivity contribution in [2.45, 2.75) is 58.5 Å². The van der Waals surface area contributed by atoms with Crippen LogP contribution in [0.4, 0.5) is 4.39 Å². The molecule has 0 amide bonds. The Balaban J connectivity index is 2.30. The number of carbonyl (C=O) groups excluding carboxylic acids is 1. The van der Waals surface area contributed by atoms with Crippen molar-refractivity contribution in [3.8, 4) is 11.1 Å². The number of aromatic nitrogens is 1. The van der Waals surface area contributed by atoms with Crippen molar-refractivity contribution in [3.63, 3.8) is 0 Å². The molecule has 0 saturated heterocycles. The lowest BCUT2D eigenvalue weighted by molar-refractivity contribution is 0.0525. The monoisotopic (exact) mass is 371 g/mol. The van der Waals surface area contributed by atoms with Crippen molar-refractivity contribution < 1.29 is 19.0 Å². The van der Waals surface area contributed by atoms with Gasteiger partial charge in [-0.05, 0) is 43.9 Å². The van der Waals surface area contributed by atoms with Crippen LogP contribution in [0.5, 0.6) is 0 Å². The summed E-state index contributed by atoms with van der Waals surface area (Å²) in [6.45, 7) is 3.75. The van der Waals surface area contributed by atoms with Crippen LogP contribution in [0.2, 0.25) is 0 Å². The summed E-state index contributed by atoms with van der Waals surface area (Å²) in [5.41, 5.74) is 3.92. The average Bonchev–Trinajstić information content (AvgIpc) is 3.21. The topological polar surface area (TPSA) is 59.4 Å². The first-order valence-electron chi connectivity index (χ1n) is 9.70. The van der Waals surface area contributed by atoms with E-state index in [0.717, 1.165) is 31.4 Å². The number of rotatable bonds is 6. The summed E-state index contributed by atoms with van der Waals surface area (Å²) in [5, 5.41) is 10.2. The molecule has 0 atom stereocenters. The highest BCUT2D eigenvalue weighted by molar-refractivity contribution is 5.99. The van der Waals surface area contributed by atoms with E-state index < -0.39 is 5.97 Å². The first-order valence-corrected chi connectivity index (χ1v) is 9.70. The SMILES string of the molecule is CCOC(=O)c1c(CC)nc(C2CCCC2)c(CO)c1-c1ccc(F)cc1. The second-order valence-electron chi connectivity index (χ2n) is 6.89. The van der Waals surface area contributed by atoms with Gasteiger partial charge in [-0.2, -0.15) is 0 Å². The highest BCUT2D eigenvalue weighted by Crippen LogP contribution is 2.40. The van der Waals surface area contributed by atoms with E-state index in [1.165, 1.54) is 12.1 Å². The third-order valence-electron chi connectivity index (χ3n) is 5.25. The first kappa shape index (κ1) is 19.5. The van der Waals surface area contributed by atoms with Gasteiger partial charge >= 0.3 is 5.97 Å². The third-order valence-corrected chi connectivity index (χ3v) is 5.25. The number of aliphatic hydroxyl groups excluding tert-OH is 1. The fourth-order valence-electron chi connectivity index (χ4n) is 4.00. The zero-order valence-electron chi connectivity index (χ0n) is 15.9. The summed E-state index contributed by atoms with van der Waals surface area (Å²) < 4.78 is 18.8. The quantitative estimate of drug-likeness (QED) is 0.743. The lowest BCUT2D eigenvalue weighted by Gasteiger charge is -2.22. The van der Waals surface area contributed by atoms with Crippen LogP contribution in [-0.4, -0.2) is 22.7 Å². The predicted octanol–water partition coefficient (Wildman–Crippen LogP) is 4.78. The number of esters is 1. The van der Waals surface area contributed by atoms with Crippen LogP contribution >= 0.6 is 0 Å². The van der Waals surface area contributed by atoms with E-state index in [1.54, 1.807) is 19.1 Å². The molecular formula is C22H26FNO3. The van der Waals surface area contributed by atoms with Crippen LogP contribution < -0.4 is 0 Å². The third kappa shape index (κ3) is 3.88. The zero-order chi connectivity index (χ0) is 19.4. The molecule has 0 unspecified atom stereocenters. The molecule has 4 nitrogen and oxygen atoms in total. The summed E-state index contributed by atoms with van der Waals surface area (Å²) in [6, 6.07) is 6.02. The van der Waals surface area contributed by atoms with Gasteiger partial charge in [0.1, 0.15) is 5.82 Å². The minimum Gasteiger partial charge on any atom is -0.462 e. The molecule has 1 saturated carbocycles. The fourth-order valence-corrected chi connectivity index (χ4v) is 4.00. The molecule has 0 bridgehead atoms. The van der Waals surface area contributed by atoms with E-state index in [2.05, 4.69) is 0 Å². The molecule has 27 heavy (non-hydrogen) atoms. The van der Waals surface area contributed by atoms with Gasteiger partial charge < -0.3 is 9.84 Å². The van der Waals surface area contributed by atoms with Gasteiger partial charge in [0.25, 0.3) is 0 Å². The molecule has 0 spiro atoms. The van der Waals surface area contributed by atoms with E-state index in [4.69, 9.17) is 9.72 Å². The maximum Gasteiger partial charge on any atom is 0.340 e. The van der Waals surface area contributed by atoms with E-state index in [0.29, 0.717) is 34.4 Å². The second-order valence-corrected chi connectivity index (χ2v) is 6.89. The predicted molar refractivity (Wildman–Crippen MR) is 102 cm³/mol. The summed E-state index contributed by atoms with van der Waals surface area (Å²) in [5.74, 6) is -0.510. The Morgan fingerprint density at radius 1 is 1.22 bits per heavy atom. The Bertz CT molecular complexity index is 811. The highest BCUT2D eigenvalue weighted by atomic mass is 19.1. The molecule has 1 N–H and O–H groups in total. The van der Waals surface area contributed by atoms with Crippen LogP contribution in [0.15, 0.2) is 24.3 Å². The Morgan fingerprint density at radius 2 is 1.89 bits per heavy atom. The zero-order valence-corrected chi connectivity index (χ0v) is 15.9. The smallest absolute Gasteiger partial charge is 0.340 e. The van der Waals surface area contributed by atoms with Crippen LogP contribution in [0.3, 0.4) is 0 Å². The fraction of sp³-hybridized carbons (Fsp3) is 0.455. The summed E-state index contributed by atoms with van der Waals surface area (Å²) >= 11 is 0. The van der Waals surface area contributed by atoms with Crippen molar-refractivity contribution in [2.24, 2.45) is 0 Å². The number of carbonyl (C=O) groups is 1. The Morgan fingerprint density at radius 3 is 2.44 bits per heavy atom. The number of hydrogen-bond donors (Lipinski definition) is 1. The van der Waals surface area contributed by atoms with Gasteiger partial charge in [-0.1, -0.05) is 31.9 Å². The van der Waals surface area contributed by atoms with Crippen molar-refractivity contribution in [1.29, 1.82) is 0 Å². The molecule has 144 valence electrons. The number of nitrogens with zero attached hydrogens (tertiary/aromatic N) is 1. The van der Waals surface area contributed by atoms with E-state index in [9.17, 15) is 14.3 Å². The normalized spacial score (nSPS) is 14.5. The van der Waals surface area contributed by atoms with Crippen LogP contribution in [-0.2, 0) is 17.8 Å². The van der Waals surface area contributed by atoms with Gasteiger partial charge in [-0.15, -0.1) is 0 Å². The van der Waals surface area contributed by atoms with Gasteiger partial charge in [-0.3, -0.25) is 4.98 Å². The van der Waals surface area contributed by atoms with E-state index in [1.807, 2.05) is 6.92 Å². The standard InChI is InChI=1S/C22H26FNO3/c1-3-18-20(22(26)27-4-2)19(14-9-11-16(23)12-10-14)17(13-25)21(24-18)15-7-5-6-8-15/h9-12,15,25H,3-8,13H2,1-2H3. The molecule has 1 heterocycles. The number of ether oxygens (including phenoxy) is 1. The number of aliphatic hydroxyl groups is 1. The van der Waals surface area contributed by atoms with Crippen molar-refractivity contribution in [1.82, 2.24) is 4.98 Å². The van der Waals surface area contributed by atoms with Crippen molar-refractivity contribution in [3.05, 3.63) is 52.6 Å². The molecule has 3 rings (SSSR count). The Kier molecular flexibility index (Phi) is 6.22. The molecule has 1 aliphatic carbocycles. The van der Waals surface area contributed by atoms with Crippen LogP contribution in [0.25, 0.3) is 11.1 Å². The number of pyridine rings is 1. The lowest BCUT2D eigenvalue weighted by atomic mass is 9.87. The average molecular weight is 371 g/mol. The maximum absolute atomic E-state index is 13.5. The maximum atomic E-state index is 13.5. The van der Waals surface area contributed by atoms with Gasteiger partial charge in [-0.25, -0.2) is 9.18 Å². The van der Waals surface area contributed by atoms with Gasteiger partial charge in [0.05, 0.1) is 24.5 Å². The van der Waals surface area contributed by atoms with Crippen molar-refractivity contribution in [2.75, 3.05) is 6.61 Å². The molecule has 5 heteroatoms. The summed E-state index contributed by atoms with van der Waals surface area (Å²) in [4.78, 5) is 17.6. The molecule has 0 aliphatic heterocycles. The number of benzene rings is 1. The molecular weight excluding hydrogens is 345 g/mol. The molecule has 1 fully saturated rings.